The molecule has 208 valence electrons. The zero-order chi connectivity index (χ0) is 28.2. The molecule has 2 N–H and O–H groups in total. The van der Waals surface area contributed by atoms with Crippen LogP contribution in [0.15, 0.2) is 60.7 Å². The molecule has 0 radical (unpaired) electrons. The fourth-order valence-electron chi connectivity index (χ4n) is 6.98. The Labute approximate surface area is 234 Å². The van der Waals surface area contributed by atoms with Gasteiger partial charge in [-0.15, -0.1) is 0 Å². The predicted octanol–water partition coefficient (Wildman–Crippen LogP) is 2.87. The van der Waals surface area contributed by atoms with Crippen LogP contribution in [0.1, 0.15) is 22.6 Å². The van der Waals surface area contributed by atoms with Crippen molar-refractivity contribution in [1.82, 2.24) is 9.88 Å². The molecule has 1 aliphatic carbocycles. The number of methoxy groups -OCH3 is 2. The van der Waals surface area contributed by atoms with Crippen molar-refractivity contribution in [3.8, 4) is 23.6 Å². The van der Waals surface area contributed by atoms with E-state index in [1.807, 2.05) is 73.6 Å². The number of ether oxygens (including phenoxy) is 3. The molecule has 3 aliphatic rings. The zero-order valence-electron chi connectivity index (χ0n) is 23.1. The number of aliphatic hydroxyl groups is 2. The second-order valence-corrected chi connectivity index (χ2v) is 11.2. The Kier molecular flexibility index (Phi) is 6.37. The lowest BCUT2D eigenvalue weighted by Crippen LogP contribution is -2.52. The Hall–Kier alpha value is -3.84. The predicted molar refractivity (Wildman–Crippen MR) is 149 cm³/mol. The van der Waals surface area contributed by atoms with Crippen LogP contribution in [0.2, 0.25) is 0 Å². The van der Waals surface area contributed by atoms with Gasteiger partial charge in [0.05, 0.1) is 37.9 Å². The van der Waals surface area contributed by atoms with Crippen molar-refractivity contribution in [3.05, 3.63) is 77.4 Å². The summed E-state index contributed by atoms with van der Waals surface area (Å²) in [4.78, 5) is 8.63. The number of pyridine rings is 1. The number of benzene rings is 2. The summed E-state index contributed by atoms with van der Waals surface area (Å²) in [5.41, 5.74) is -0.318. The van der Waals surface area contributed by atoms with Gasteiger partial charge in [-0.05, 0) is 37.4 Å². The van der Waals surface area contributed by atoms with Gasteiger partial charge >= 0.3 is 0 Å². The van der Waals surface area contributed by atoms with E-state index in [1.165, 1.54) is 14.2 Å². The normalized spacial score (nSPS) is 28.9. The number of aromatic nitrogens is 1. The van der Waals surface area contributed by atoms with Crippen LogP contribution in [0.4, 0.5) is 5.69 Å². The summed E-state index contributed by atoms with van der Waals surface area (Å²) in [6, 6.07) is 21.8. The number of aliphatic hydroxyl groups excluding tert-OH is 1. The summed E-state index contributed by atoms with van der Waals surface area (Å²) < 4.78 is 18.0. The topological polar surface area (TPSA) is 111 Å². The molecule has 1 saturated carbocycles. The lowest BCUT2D eigenvalue weighted by atomic mass is 9.70. The lowest BCUT2D eigenvalue weighted by Gasteiger charge is -2.41. The summed E-state index contributed by atoms with van der Waals surface area (Å²) in [5, 5.41) is 34.3. The molecule has 9 nitrogen and oxygen atoms in total. The van der Waals surface area contributed by atoms with Crippen molar-refractivity contribution in [1.29, 1.82) is 5.26 Å². The van der Waals surface area contributed by atoms with Gasteiger partial charge in [0.15, 0.2) is 11.2 Å². The van der Waals surface area contributed by atoms with Gasteiger partial charge in [-0.2, -0.15) is 10.2 Å². The summed E-state index contributed by atoms with van der Waals surface area (Å²) in [6.45, 7) is 1.88. The Morgan fingerprint density at radius 3 is 2.40 bits per heavy atom. The Bertz CT molecular complexity index is 1440. The number of nitrogens with zero attached hydrogens (tertiary/aromatic N) is 4. The molecule has 2 aliphatic heterocycles. The van der Waals surface area contributed by atoms with Gasteiger partial charge in [-0.25, -0.2) is 0 Å². The molecule has 0 bridgehead atoms. The number of nitriles is 1. The van der Waals surface area contributed by atoms with Crippen molar-refractivity contribution in [2.24, 2.45) is 11.8 Å². The Balaban J connectivity index is 1.58. The molecule has 3 heterocycles. The molecule has 40 heavy (non-hydrogen) atoms. The van der Waals surface area contributed by atoms with Crippen LogP contribution in [0.5, 0.6) is 17.5 Å². The zero-order valence-corrected chi connectivity index (χ0v) is 23.1. The maximum Gasteiger partial charge on any atom is 0.226 e. The van der Waals surface area contributed by atoms with E-state index in [9.17, 15) is 15.5 Å². The minimum Gasteiger partial charge on any atom is -0.481 e. The summed E-state index contributed by atoms with van der Waals surface area (Å²) in [7, 11) is 6.90. The number of hydrogen-bond acceptors (Lipinski definition) is 9. The van der Waals surface area contributed by atoms with Crippen molar-refractivity contribution in [3.63, 3.8) is 0 Å². The van der Waals surface area contributed by atoms with Crippen molar-refractivity contribution < 1.29 is 24.4 Å². The average molecular weight is 543 g/mol. The van der Waals surface area contributed by atoms with Gasteiger partial charge in [-0.3, -0.25) is 0 Å². The number of rotatable bonds is 7. The number of fused-ring (bicyclic) bond motifs is 3. The monoisotopic (exact) mass is 542 g/mol. The van der Waals surface area contributed by atoms with Gasteiger partial charge in [-0.1, -0.05) is 42.5 Å². The van der Waals surface area contributed by atoms with Crippen LogP contribution in [-0.4, -0.2) is 74.2 Å². The number of anilines is 1. The Morgan fingerprint density at radius 1 is 1.10 bits per heavy atom. The molecule has 2 fully saturated rings. The van der Waals surface area contributed by atoms with E-state index in [2.05, 4.69) is 16.0 Å². The van der Waals surface area contributed by atoms with Gasteiger partial charge < -0.3 is 34.2 Å². The SMILES string of the molecule is COc1cc2c(c(OC)n1)[C@]1(O)[C@H](O)[C@H](CN(C)C)[C@@H](c3ccccc3)[C@]1(c1ccc(N3CC(C#N)C3)cc1)O2. The van der Waals surface area contributed by atoms with E-state index in [0.29, 0.717) is 30.9 Å². The molecule has 3 aromatic rings. The molecule has 6 rings (SSSR count). The first-order valence-electron chi connectivity index (χ1n) is 13.5. The largest absolute Gasteiger partial charge is 0.481 e. The molecule has 9 heteroatoms. The molecule has 1 saturated heterocycles. The second kappa shape index (κ2) is 9.66. The summed E-state index contributed by atoms with van der Waals surface area (Å²) >= 11 is 0. The average Bonchev–Trinajstić information content (AvgIpc) is 3.30. The standard InChI is InChI=1S/C31H34N4O5/c1-34(2)18-23-26(20-8-6-5-7-9-20)31(21-10-12-22(13-11-21)35-16-19(15-32)17-35)30(37,28(23)36)27-24(40-31)14-25(38-3)33-29(27)39-4/h5-14,19,23,26,28,36-37H,16-18H2,1-4H3/t23-,26-,28-,30+,31+/m1/s1. The smallest absolute Gasteiger partial charge is 0.226 e. The van der Waals surface area contributed by atoms with E-state index in [0.717, 1.165) is 16.8 Å². The maximum atomic E-state index is 12.9. The van der Waals surface area contributed by atoms with Crippen LogP contribution < -0.4 is 19.1 Å². The third kappa shape index (κ3) is 3.60. The molecule has 2 aromatic carbocycles. The lowest BCUT2D eigenvalue weighted by molar-refractivity contribution is -0.152. The van der Waals surface area contributed by atoms with Gasteiger partial charge in [0, 0.05) is 43.2 Å². The van der Waals surface area contributed by atoms with Crippen LogP contribution in [0.25, 0.3) is 0 Å². The van der Waals surface area contributed by atoms with Crippen LogP contribution >= 0.6 is 0 Å². The first-order valence-corrected chi connectivity index (χ1v) is 13.5. The molecule has 0 amide bonds. The first kappa shape index (κ1) is 26.4. The quantitative estimate of drug-likeness (QED) is 0.466. The van der Waals surface area contributed by atoms with E-state index in [-0.39, 0.29) is 17.7 Å². The molecule has 0 spiro atoms. The highest BCUT2D eigenvalue weighted by atomic mass is 16.5. The minimum atomic E-state index is -1.89. The fraction of sp³-hybridized carbons (Fsp3) is 0.419. The first-order chi connectivity index (χ1) is 19.3. The highest BCUT2D eigenvalue weighted by Crippen LogP contribution is 2.70. The molecule has 5 atom stereocenters. The third-order valence-electron chi connectivity index (χ3n) is 8.71. The fourth-order valence-corrected chi connectivity index (χ4v) is 6.98. The van der Waals surface area contributed by atoms with Gasteiger partial charge in [0.25, 0.3) is 0 Å². The molecular formula is C31H34N4O5. The Morgan fingerprint density at radius 2 is 1.80 bits per heavy atom. The second-order valence-electron chi connectivity index (χ2n) is 11.2. The van der Waals surface area contributed by atoms with E-state index < -0.39 is 29.1 Å². The summed E-state index contributed by atoms with van der Waals surface area (Å²) in [5.74, 6) is -0.00544. The van der Waals surface area contributed by atoms with E-state index in [1.54, 1.807) is 6.07 Å². The van der Waals surface area contributed by atoms with Gasteiger partial charge in [0.1, 0.15) is 5.75 Å². The van der Waals surface area contributed by atoms with Crippen molar-refractivity contribution in [2.75, 3.05) is 52.8 Å². The third-order valence-corrected chi connectivity index (χ3v) is 8.71. The van der Waals surface area contributed by atoms with Gasteiger partial charge in [0.2, 0.25) is 11.8 Å². The molecule has 1 aromatic heterocycles. The molecular weight excluding hydrogens is 508 g/mol. The van der Waals surface area contributed by atoms with Crippen molar-refractivity contribution in [2.45, 2.75) is 23.2 Å². The molecule has 0 unspecified atom stereocenters. The van der Waals surface area contributed by atoms with E-state index >= 15 is 0 Å². The minimum absolute atomic E-state index is 0.0326. The van der Waals surface area contributed by atoms with Crippen LogP contribution in [0, 0.1) is 23.2 Å². The van der Waals surface area contributed by atoms with Crippen molar-refractivity contribution >= 4 is 5.69 Å². The van der Waals surface area contributed by atoms with Crippen LogP contribution in [0.3, 0.4) is 0 Å². The number of hydrogen-bond donors (Lipinski definition) is 2. The summed E-state index contributed by atoms with van der Waals surface area (Å²) in [6.07, 6.45) is -1.21. The van der Waals surface area contributed by atoms with E-state index in [4.69, 9.17) is 14.2 Å². The maximum absolute atomic E-state index is 12.9. The highest BCUT2D eigenvalue weighted by Gasteiger charge is 2.77. The highest BCUT2D eigenvalue weighted by molar-refractivity contribution is 5.61. The van der Waals surface area contributed by atoms with Crippen LogP contribution in [-0.2, 0) is 11.2 Å².